The van der Waals surface area contributed by atoms with Gasteiger partial charge in [0.15, 0.2) is 17.9 Å². The average Bonchev–Trinajstić information content (AvgIpc) is 3.11. The molecule has 0 radical (unpaired) electrons. The first-order valence-corrected chi connectivity index (χ1v) is 8.31. The first-order chi connectivity index (χ1) is 11.6. The van der Waals surface area contributed by atoms with Crippen molar-refractivity contribution in [3.05, 3.63) is 36.2 Å². The Morgan fingerprint density at radius 1 is 1.38 bits per heavy atom. The molecule has 1 aliphatic heterocycles. The molecule has 1 aliphatic rings. The molecule has 2 aromatic rings. The molecule has 3 rings (SSSR count). The first-order valence-electron chi connectivity index (χ1n) is 8.31. The number of rotatable bonds is 4. The maximum absolute atomic E-state index is 12.7. The molecule has 3 heterocycles. The minimum Gasteiger partial charge on any atom is -0.447 e. The van der Waals surface area contributed by atoms with Crippen LogP contribution in [-0.4, -0.2) is 52.2 Å². The monoisotopic (exact) mass is 329 g/mol. The van der Waals surface area contributed by atoms with E-state index in [1.54, 1.807) is 6.20 Å². The lowest BCUT2D eigenvalue weighted by Gasteiger charge is -2.36. The second-order valence-corrected chi connectivity index (χ2v) is 6.44. The lowest BCUT2D eigenvalue weighted by molar-refractivity contribution is 0.0705. The van der Waals surface area contributed by atoms with E-state index in [1.165, 1.54) is 6.39 Å². The smallest absolute Gasteiger partial charge is 0.276 e. The number of hydrogen-bond donors (Lipinski definition) is 0. The summed E-state index contributed by atoms with van der Waals surface area (Å²) in [5.74, 6) is 1.64. The van der Waals surface area contributed by atoms with Gasteiger partial charge in [-0.05, 0) is 25.0 Å². The van der Waals surface area contributed by atoms with Gasteiger partial charge in [-0.25, -0.2) is 4.98 Å². The summed E-state index contributed by atoms with van der Waals surface area (Å²) in [7, 11) is 2.03. The van der Waals surface area contributed by atoms with Gasteiger partial charge in [-0.15, -0.1) is 5.10 Å². The number of oxazole rings is 1. The third-order valence-electron chi connectivity index (χ3n) is 4.54. The van der Waals surface area contributed by atoms with Gasteiger partial charge in [-0.3, -0.25) is 4.79 Å². The highest BCUT2D eigenvalue weighted by Crippen LogP contribution is 2.23. The summed E-state index contributed by atoms with van der Waals surface area (Å²) in [6.45, 7) is 5.41. The number of anilines is 1. The predicted molar refractivity (Wildman–Crippen MR) is 90.0 cm³/mol. The van der Waals surface area contributed by atoms with E-state index in [2.05, 4.69) is 20.1 Å². The zero-order chi connectivity index (χ0) is 17.1. The number of carbonyl (C=O) groups excluding carboxylic acids is 1. The highest BCUT2D eigenvalue weighted by molar-refractivity contribution is 5.93. The molecule has 1 amide bonds. The van der Waals surface area contributed by atoms with Crippen molar-refractivity contribution in [1.29, 1.82) is 0 Å². The van der Waals surface area contributed by atoms with E-state index in [1.807, 2.05) is 37.9 Å². The second-order valence-electron chi connectivity index (χ2n) is 6.44. The van der Waals surface area contributed by atoms with Crippen LogP contribution >= 0.6 is 0 Å². The molecule has 2 aromatic heterocycles. The van der Waals surface area contributed by atoms with E-state index in [-0.39, 0.29) is 11.8 Å². The number of nitrogens with zero attached hydrogens (tertiary/aromatic N) is 5. The number of hydrogen-bond acceptors (Lipinski definition) is 6. The van der Waals surface area contributed by atoms with E-state index >= 15 is 0 Å². The van der Waals surface area contributed by atoms with Gasteiger partial charge < -0.3 is 14.2 Å². The molecule has 128 valence electrons. The van der Waals surface area contributed by atoms with Crippen LogP contribution in [0, 0.1) is 0 Å². The minimum atomic E-state index is -0.0342. The molecule has 0 unspecified atom stereocenters. The fourth-order valence-electron chi connectivity index (χ4n) is 3.10. The Hall–Kier alpha value is -2.44. The molecule has 0 aromatic carbocycles. The molecular weight excluding hydrogens is 306 g/mol. The van der Waals surface area contributed by atoms with Crippen molar-refractivity contribution in [3.8, 4) is 0 Å². The Balaban J connectivity index is 1.63. The molecule has 24 heavy (non-hydrogen) atoms. The standard InChI is InChI=1S/C17H23N5O2/c1-12(2)16-15(18-11-24-16)17(23)22-9-6-13(7-10-22)21(3)14-5-4-8-19-20-14/h4-5,8,11-13H,6-7,9-10H2,1-3H3. The SMILES string of the molecule is CC(C)c1ocnc1C(=O)N1CCC(N(C)c2cccnn2)CC1. The van der Waals surface area contributed by atoms with Crippen molar-refractivity contribution >= 4 is 11.7 Å². The Morgan fingerprint density at radius 3 is 2.75 bits per heavy atom. The number of piperidine rings is 1. The van der Waals surface area contributed by atoms with Gasteiger partial charge in [0.05, 0.1) is 0 Å². The van der Waals surface area contributed by atoms with Gasteiger partial charge in [-0.1, -0.05) is 13.8 Å². The van der Waals surface area contributed by atoms with E-state index in [0.717, 1.165) is 18.7 Å². The van der Waals surface area contributed by atoms with Gasteiger partial charge in [0.1, 0.15) is 5.76 Å². The van der Waals surface area contributed by atoms with Crippen LogP contribution in [0.1, 0.15) is 48.9 Å². The van der Waals surface area contributed by atoms with Crippen LogP contribution in [-0.2, 0) is 0 Å². The molecule has 0 atom stereocenters. The first kappa shape index (κ1) is 16.4. The van der Waals surface area contributed by atoms with E-state index in [4.69, 9.17) is 4.42 Å². The molecule has 7 nitrogen and oxygen atoms in total. The fraction of sp³-hybridized carbons (Fsp3) is 0.529. The van der Waals surface area contributed by atoms with Crippen molar-refractivity contribution in [1.82, 2.24) is 20.1 Å². The molecular formula is C17H23N5O2. The zero-order valence-electron chi connectivity index (χ0n) is 14.3. The van der Waals surface area contributed by atoms with Crippen LogP contribution in [0.2, 0.25) is 0 Å². The second kappa shape index (κ2) is 6.98. The van der Waals surface area contributed by atoms with Crippen molar-refractivity contribution in [2.75, 3.05) is 25.0 Å². The quantitative estimate of drug-likeness (QED) is 0.857. The van der Waals surface area contributed by atoms with Crippen molar-refractivity contribution in [2.24, 2.45) is 0 Å². The van der Waals surface area contributed by atoms with Crippen molar-refractivity contribution in [3.63, 3.8) is 0 Å². The Labute approximate surface area is 141 Å². The molecule has 0 spiro atoms. The van der Waals surface area contributed by atoms with Crippen LogP contribution in [0.25, 0.3) is 0 Å². The van der Waals surface area contributed by atoms with Gasteiger partial charge in [0.25, 0.3) is 5.91 Å². The largest absolute Gasteiger partial charge is 0.447 e. The molecule has 0 saturated carbocycles. The average molecular weight is 329 g/mol. The summed E-state index contributed by atoms with van der Waals surface area (Å²) < 4.78 is 5.37. The van der Waals surface area contributed by atoms with Crippen molar-refractivity contribution in [2.45, 2.75) is 38.6 Å². The lowest BCUT2D eigenvalue weighted by Crippen LogP contribution is -2.46. The van der Waals surface area contributed by atoms with Crippen LogP contribution < -0.4 is 4.90 Å². The summed E-state index contributed by atoms with van der Waals surface area (Å²) in [6.07, 6.45) is 4.82. The summed E-state index contributed by atoms with van der Waals surface area (Å²) in [5.41, 5.74) is 0.450. The summed E-state index contributed by atoms with van der Waals surface area (Å²) in [4.78, 5) is 20.8. The van der Waals surface area contributed by atoms with Gasteiger partial charge in [0, 0.05) is 38.3 Å². The van der Waals surface area contributed by atoms with Gasteiger partial charge in [-0.2, -0.15) is 5.10 Å². The van der Waals surface area contributed by atoms with E-state index < -0.39 is 0 Å². The third-order valence-corrected chi connectivity index (χ3v) is 4.54. The summed E-state index contributed by atoms with van der Waals surface area (Å²) >= 11 is 0. The van der Waals surface area contributed by atoms with E-state index in [0.29, 0.717) is 30.6 Å². The molecule has 0 aliphatic carbocycles. The van der Waals surface area contributed by atoms with Crippen molar-refractivity contribution < 1.29 is 9.21 Å². The number of amides is 1. The van der Waals surface area contributed by atoms with Gasteiger partial charge >= 0.3 is 0 Å². The highest BCUT2D eigenvalue weighted by Gasteiger charge is 2.29. The Bertz CT molecular complexity index is 677. The lowest BCUT2D eigenvalue weighted by atomic mass is 10.0. The van der Waals surface area contributed by atoms with Crippen LogP contribution in [0.15, 0.2) is 29.1 Å². The minimum absolute atomic E-state index is 0.0342. The summed E-state index contributed by atoms with van der Waals surface area (Å²) in [5, 5.41) is 8.08. The number of aromatic nitrogens is 3. The Morgan fingerprint density at radius 2 is 2.12 bits per heavy atom. The highest BCUT2D eigenvalue weighted by atomic mass is 16.3. The summed E-state index contributed by atoms with van der Waals surface area (Å²) in [6, 6.07) is 4.19. The topological polar surface area (TPSA) is 75.4 Å². The molecule has 7 heteroatoms. The molecule has 0 N–H and O–H groups in total. The third kappa shape index (κ3) is 3.25. The zero-order valence-corrected chi connectivity index (χ0v) is 14.3. The van der Waals surface area contributed by atoms with Crippen LogP contribution in [0.3, 0.4) is 0 Å². The van der Waals surface area contributed by atoms with Gasteiger partial charge in [0.2, 0.25) is 0 Å². The van der Waals surface area contributed by atoms with Crippen LogP contribution in [0.4, 0.5) is 5.82 Å². The molecule has 1 fully saturated rings. The Kier molecular flexibility index (Phi) is 4.78. The van der Waals surface area contributed by atoms with Crippen LogP contribution in [0.5, 0.6) is 0 Å². The maximum Gasteiger partial charge on any atom is 0.276 e. The molecule has 1 saturated heterocycles. The molecule has 0 bridgehead atoms. The van der Waals surface area contributed by atoms with E-state index in [9.17, 15) is 4.79 Å². The normalized spacial score (nSPS) is 15.8. The fourth-order valence-corrected chi connectivity index (χ4v) is 3.10. The number of likely N-dealkylation sites (tertiary alicyclic amines) is 1. The predicted octanol–water partition coefficient (Wildman–Crippen LogP) is 2.33. The maximum atomic E-state index is 12.7. The number of carbonyl (C=O) groups is 1.